The average molecular weight is 405 g/mol. The molecule has 2 aliphatic rings. The number of likely N-dealkylation sites (tertiary alicyclic amines) is 1. The molecule has 29 heavy (non-hydrogen) atoms. The fourth-order valence-electron chi connectivity index (χ4n) is 3.83. The van der Waals surface area contributed by atoms with Gasteiger partial charge in [-0.3, -0.25) is 4.79 Å². The lowest BCUT2D eigenvalue weighted by molar-refractivity contribution is -0.139. The molecular weight excluding hydrogens is 383 g/mol. The van der Waals surface area contributed by atoms with Gasteiger partial charge < -0.3 is 10.2 Å². The fraction of sp³-hybridized carbons (Fsp3) is 0.500. The number of halogens is 3. The summed E-state index contributed by atoms with van der Waals surface area (Å²) in [6, 6.07) is 3.96. The molecule has 1 N–H and O–H groups in total. The summed E-state index contributed by atoms with van der Waals surface area (Å²) in [5.41, 5.74) is -0.151. The minimum Gasteiger partial charge on any atom is -0.342 e. The second kappa shape index (κ2) is 7.96. The van der Waals surface area contributed by atoms with Gasteiger partial charge in [0.25, 0.3) is 0 Å². The standard InChI is InChI=1S/C20H22F3N5O/c21-20(22,23)15-7-2-9-24-17(15)27-19-25-10-8-16(26-19)14-6-3-11-28(12-14)18(29)13-4-1-5-13/h2,7-10,13-14H,1,3-6,11-12H2,(H,24,25,26,27)/t14-/m1/s1. The number of carbonyl (C=O) groups excluding carboxylic acids is 1. The topological polar surface area (TPSA) is 71.0 Å². The van der Waals surface area contributed by atoms with Crippen LogP contribution in [0.25, 0.3) is 0 Å². The average Bonchev–Trinajstić information content (AvgIpc) is 2.66. The Bertz CT molecular complexity index is 884. The summed E-state index contributed by atoms with van der Waals surface area (Å²) in [5, 5.41) is 2.60. The first-order valence-corrected chi connectivity index (χ1v) is 9.83. The molecule has 1 atom stereocenters. The Morgan fingerprint density at radius 1 is 1.10 bits per heavy atom. The maximum Gasteiger partial charge on any atom is 0.419 e. The number of piperidine rings is 1. The van der Waals surface area contributed by atoms with Gasteiger partial charge in [0, 0.05) is 37.3 Å². The highest BCUT2D eigenvalue weighted by molar-refractivity contribution is 5.79. The van der Waals surface area contributed by atoms with E-state index in [2.05, 4.69) is 20.3 Å². The first kappa shape index (κ1) is 19.6. The Balaban J connectivity index is 1.50. The van der Waals surface area contributed by atoms with Crippen LogP contribution >= 0.6 is 0 Å². The Labute approximate surface area is 166 Å². The van der Waals surface area contributed by atoms with Gasteiger partial charge in [0.1, 0.15) is 5.82 Å². The summed E-state index contributed by atoms with van der Waals surface area (Å²) in [7, 11) is 0. The van der Waals surface area contributed by atoms with Crippen LogP contribution in [0.1, 0.15) is 49.3 Å². The Morgan fingerprint density at radius 2 is 1.93 bits per heavy atom. The van der Waals surface area contributed by atoms with Crippen molar-refractivity contribution in [2.24, 2.45) is 5.92 Å². The van der Waals surface area contributed by atoms with Crippen molar-refractivity contribution in [3.8, 4) is 0 Å². The lowest BCUT2D eigenvalue weighted by Gasteiger charge is -2.37. The van der Waals surface area contributed by atoms with E-state index in [0.29, 0.717) is 6.54 Å². The number of anilines is 2. The number of aromatic nitrogens is 3. The van der Waals surface area contributed by atoms with Gasteiger partial charge in [-0.1, -0.05) is 6.42 Å². The van der Waals surface area contributed by atoms with Gasteiger partial charge in [-0.15, -0.1) is 0 Å². The van der Waals surface area contributed by atoms with E-state index in [1.165, 1.54) is 18.5 Å². The number of hydrogen-bond acceptors (Lipinski definition) is 5. The summed E-state index contributed by atoms with van der Waals surface area (Å²) >= 11 is 0. The van der Waals surface area contributed by atoms with Crippen molar-refractivity contribution in [1.29, 1.82) is 0 Å². The highest BCUT2D eigenvalue weighted by Gasteiger charge is 2.35. The molecule has 4 rings (SSSR count). The van der Waals surface area contributed by atoms with Gasteiger partial charge >= 0.3 is 6.18 Å². The molecule has 9 heteroatoms. The van der Waals surface area contributed by atoms with E-state index in [0.717, 1.165) is 50.4 Å². The molecule has 2 fully saturated rings. The molecule has 2 aromatic heterocycles. The second-order valence-corrected chi connectivity index (χ2v) is 7.58. The molecule has 154 valence electrons. The summed E-state index contributed by atoms with van der Waals surface area (Å²) < 4.78 is 39.5. The molecule has 2 aromatic rings. The molecule has 0 aromatic carbocycles. The third-order valence-corrected chi connectivity index (χ3v) is 5.63. The largest absolute Gasteiger partial charge is 0.419 e. The molecule has 0 bridgehead atoms. The van der Waals surface area contributed by atoms with Gasteiger partial charge in [-0.2, -0.15) is 13.2 Å². The maximum atomic E-state index is 13.2. The van der Waals surface area contributed by atoms with E-state index in [4.69, 9.17) is 0 Å². The van der Waals surface area contributed by atoms with Gasteiger partial charge in [0.05, 0.1) is 11.3 Å². The van der Waals surface area contributed by atoms with Crippen molar-refractivity contribution < 1.29 is 18.0 Å². The molecule has 1 amide bonds. The van der Waals surface area contributed by atoms with Crippen LogP contribution in [0, 0.1) is 5.92 Å². The molecule has 3 heterocycles. The summed E-state index contributed by atoms with van der Waals surface area (Å²) in [6.45, 7) is 1.34. The lowest BCUT2D eigenvalue weighted by atomic mass is 9.83. The van der Waals surface area contributed by atoms with Crippen LogP contribution in [-0.2, 0) is 11.0 Å². The van der Waals surface area contributed by atoms with E-state index in [-0.39, 0.29) is 29.5 Å². The molecule has 6 nitrogen and oxygen atoms in total. The summed E-state index contributed by atoms with van der Waals surface area (Å²) in [5.74, 6) is 0.150. The zero-order chi connectivity index (χ0) is 20.4. The third kappa shape index (κ3) is 4.33. The Kier molecular flexibility index (Phi) is 5.38. The van der Waals surface area contributed by atoms with Crippen LogP contribution < -0.4 is 5.32 Å². The van der Waals surface area contributed by atoms with Gasteiger partial charge in [-0.25, -0.2) is 15.0 Å². The van der Waals surface area contributed by atoms with E-state index in [1.54, 1.807) is 6.07 Å². The SMILES string of the molecule is O=C(C1CCC1)N1CCC[C@@H](c2ccnc(Nc3ncccc3C(F)(F)F)n2)C1. The zero-order valence-electron chi connectivity index (χ0n) is 15.8. The van der Waals surface area contributed by atoms with E-state index in [1.807, 2.05) is 4.90 Å². The molecule has 1 saturated heterocycles. The molecular formula is C20H22F3N5O. The van der Waals surface area contributed by atoms with E-state index in [9.17, 15) is 18.0 Å². The predicted octanol–water partition coefficient (Wildman–Crippen LogP) is 4.14. The van der Waals surface area contributed by atoms with Crippen molar-refractivity contribution in [3.63, 3.8) is 0 Å². The fourth-order valence-corrected chi connectivity index (χ4v) is 3.83. The molecule has 1 aliphatic carbocycles. The quantitative estimate of drug-likeness (QED) is 0.828. The van der Waals surface area contributed by atoms with Gasteiger partial charge in [0.2, 0.25) is 11.9 Å². The summed E-state index contributed by atoms with van der Waals surface area (Å²) in [4.78, 5) is 26.7. The van der Waals surface area contributed by atoms with E-state index >= 15 is 0 Å². The van der Waals surface area contributed by atoms with E-state index < -0.39 is 11.7 Å². The van der Waals surface area contributed by atoms with Crippen molar-refractivity contribution in [1.82, 2.24) is 19.9 Å². The van der Waals surface area contributed by atoms with Crippen molar-refractivity contribution >= 4 is 17.7 Å². The van der Waals surface area contributed by atoms with Crippen LogP contribution in [0.15, 0.2) is 30.6 Å². The highest BCUT2D eigenvalue weighted by Crippen LogP contribution is 2.35. The number of alkyl halides is 3. The molecule has 1 aliphatic heterocycles. The Hall–Kier alpha value is -2.71. The van der Waals surface area contributed by atoms with Crippen LogP contribution in [0.3, 0.4) is 0 Å². The van der Waals surface area contributed by atoms with Crippen LogP contribution in [0.5, 0.6) is 0 Å². The van der Waals surface area contributed by atoms with Crippen LogP contribution in [-0.4, -0.2) is 38.8 Å². The molecule has 0 unspecified atom stereocenters. The second-order valence-electron chi connectivity index (χ2n) is 7.58. The first-order chi connectivity index (χ1) is 13.9. The molecule has 0 radical (unpaired) electrons. The van der Waals surface area contributed by atoms with Gasteiger partial charge in [-0.05, 0) is 43.9 Å². The van der Waals surface area contributed by atoms with Crippen molar-refractivity contribution in [2.75, 3.05) is 18.4 Å². The van der Waals surface area contributed by atoms with Gasteiger partial charge in [0.15, 0.2) is 0 Å². The van der Waals surface area contributed by atoms with Crippen LogP contribution in [0.4, 0.5) is 24.9 Å². The monoisotopic (exact) mass is 405 g/mol. The zero-order valence-corrected chi connectivity index (χ0v) is 15.8. The number of rotatable bonds is 4. The predicted molar refractivity (Wildman–Crippen MR) is 100 cm³/mol. The third-order valence-electron chi connectivity index (χ3n) is 5.63. The maximum absolute atomic E-state index is 13.2. The molecule has 0 spiro atoms. The number of carbonyl (C=O) groups is 1. The normalized spacial score (nSPS) is 20.2. The highest BCUT2D eigenvalue weighted by atomic mass is 19.4. The number of nitrogens with one attached hydrogen (secondary N) is 1. The van der Waals surface area contributed by atoms with Crippen molar-refractivity contribution in [3.05, 3.63) is 41.9 Å². The number of amides is 1. The number of pyridine rings is 1. The van der Waals surface area contributed by atoms with Crippen LogP contribution in [0.2, 0.25) is 0 Å². The molecule has 1 saturated carbocycles. The minimum atomic E-state index is -4.53. The Morgan fingerprint density at radius 3 is 2.66 bits per heavy atom. The number of hydrogen-bond donors (Lipinski definition) is 1. The van der Waals surface area contributed by atoms with Crippen molar-refractivity contribution in [2.45, 2.75) is 44.2 Å². The smallest absolute Gasteiger partial charge is 0.342 e. The number of nitrogens with zero attached hydrogens (tertiary/aromatic N) is 4. The first-order valence-electron chi connectivity index (χ1n) is 9.83. The lowest BCUT2D eigenvalue weighted by Crippen LogP contribution is -2.44. The summed E-state index contributed by atoms with van der Waals surface area (Å²) in [6.07, 6.45) is 3.08. The minimum absolute atomic E-state index is 0.0437.